The van der Waals surface area contributed by atoms with Gasteiger partial charge in [0, 0.05) is 114 Å². The number of H-pyrrole nitrogens is 4. The van der Waals surface area contributed by atoms with Gasteiger partial charge in [0.15, 0.2) is 0 Å². The van der Waals surface area contributed by atoms with E-state index in [0.29, 0.717) is 11.1 Å². The highest BCUT2D eigenvalue weighted by Crippen LogP contribution is 2.31. The van der Waals surface area contributed by atoms with Crippen LogP contribution in [0.15, 0.2) is 73.1 Å². The van der Waals surface area contributed by atoms with Gasteiger partial charge in [-0.05, 0) is 86.4 Å². The normalized spacial score (nSPS) is 15.3. The Hall–Kier alpha value is -5.70. The van der Waals surface area contributed by atoms with E-state index in [0.717, 1.165) is 110 Å². The predicted octanol–water partition coefficient (Wildman–Crippen LogP) is 6.03. The van der Waals surface area contributed by atoms with Gasteiger partial charge < -0.3 is 15.7 Å². The average molecular weight is 681 g/mol. The lowest BCUT2D eigenvalue weighted by Crippen LogP contribution is -2.30. The van der Waals surface area contributed by atoms with E-state index in [4.69, 9.17) is 11.0 Å². The monoisotopic (exact) mass is 680 g/mol. The van der Waals surface area contributed by atoms with Gasteiger partial charge in [-0.1, -0.05) is 12.2 Å². The number of nitriles is 1. The number of benzene rings is 2. The van der Waals surface area contributed by atoms with Gasteiger partial charge in [-0.25, -0.2) is 0 Å². The average Bonchev–Trinajstić information content (AvgIpc) is 3.97. The summed E-state index contributed by atoms with van der Waals surface area (Å²) in [5.74, 6) is -0.392. The molecule has 0 saturated carbocycles. The lowest BCUT2D eigenvalue weighted by Gasteiger charge is -2.26. The van der Waals surface area contributed by atoms with Gasteiger partial charge in [0.2, 0.25) is 5.91 Å². The van der Waals surface area contributed by atoms with E-state index in [1.165, 1.54) is 22.3 Å². The molecule has 11 nitrogen and oxygen atoms in total. The van der Waals surface area contributed by atoms with Crippen molar-refractivity contribution in [3.63, 3.8) is 0 Å². The minimum Gasteiger partial charge on any atom is -0.366 e. The van der Waals surface area contributed by atoms with Crippen LogP contribution in [0.3, 0.4) is 0 Å². The number of carbonyl (C=O) groups excluding carboxylic acids is 1. The molecule has 0 radical (unpaired) electrons. The topological polar surface area (TPSA) is 162 Å². The zero-order chi connectivity index (χ0) is 35.3. The molecule has 260 valence electrons. The molecule has 4 aromatic heterocycles. The number of amides is 1. The molecule has 2 aliphatic heterocycles. The van der Waals surface area contributed by atoms with Crippen LogP contribution in [0.2, 0.25) is 0 Å². The maximum Gasteiger partial charge on any atom is 0.248 e. The molecule has 6 aromatic rings. The number of nitrogens with zero attached hydrogens (tertiary/aromatic N) is 5. The first kappa shape index (κ1) is 33.8. The first-order chi connectivity index (χ1) is 24.8. The number of aryl methyl sites for hydroxylation is 2. The third kappa shape index (κ3) is 7.88. The molecule has 0 bridgehead atoms. The molecule has 0 fully saturated rings. The molecule has 8 rings (SSSR count). The minimum atomic E-state index is -0.392. The highest BCUT2D eigenvalue weighted by Gasteiger charge is 2.18. The summed E-state index contributed by atoms with van der Waals surface area (Å²) in [5.41, 5.74) is 18.4. The Morgan fingerprint density at radius 3 is 1.76 bits per heavy atom. The molecule has 0 atom stereocenters. The first-order valence-corrected chi connectivity index (χ1v) is 17.6. The Labute approximate surface area is 297 Å². The Bertz CT molecular complexity index is 2270. The SMILES string of the molecule is Cc1cc(CCN2CC=C(c3c[nH]c4ccc(C#N)cc34)CC2)n[nH]1.Cc1cc(CCN2CC=C(c3c[nH]c4ccc(C(N)=O)cc34)CC2)n[nH]1. The number of nitrogens with two attached hydrogens (primary N) is 1. The van der Waals surface area contributed by atoms with E-state index in [2.05, 4.69) is 76.7 Å². The molecule has 2 aromatic carbocycles. The Balaban J connectivity index is 0.000000159. The summed E-state index contributed by atoms with van der Waals surface area (Å²) in [4.78, 5) is 23.0. The van der Waals surface area contributed by atoms with Crippen molar-refractivity contribution in [3.8, 4) is 6.07 Å². The predicted molar refractivity (Wildman–Crippen MR) is 202 cm³/mol. The van der Waals surface area contributed by atoms with Gasteiger partial charge in [-0.2, -0.15) is 15.5 Å². The summed E-state index contributed by atoms with van der Waals surface area (Å²) in [6, 6.07) is 17.8. The number of fused-ring (bicyclic) bond motifs is 2. The summed E-state index contributed by atoms with van der Waals surface area (Å²) < 4.78 is 0. The maximum absolute atomic E-state index is 11.5. The summed E-state index contributed by atoms with van der Waals surface area (Å²) in [5, 5.41) is 26.0. The molecule has 0 spiro atoms. The second-order valence-corrected chi connectivity index (χ2v) is 13.5. The van der Waals surface area contributed by atoms with E-state index >= 15 is 0 Å². The van der Waals surface area contributed by atoms with Crippen molar-refractivity contribution in [2.45, 2.75) is 39.5 Å². The van der Waals surface area contributed by atoms with E-state index in [9.17, 15) is 4.79 Å². The Kier molecular flexibility index (Phi) is 9.97. The van der Waals surface area contributed by atoms with Crippen LogP contribution in [0.5, 0.6) is 0 Å². The van der Waals surface area contributed by atoms with E-state index in [1.54, 1.807) is 6.07 Å². The summed E-state index contributed by atoms with van der Waals surface area (Å²) >= 11 is 0. The summed E-state index contributed by atoms with van der Waals surface area (Å²) in [6.07, 6.45) is 12.7. The van der Waals surface area contributed by atoms with Crippen LogP contribution in [0, 0.1) is 25.2 Å². The van der Waals surface area contributed by atoms with E-state index < -0.39 is 5.91 Å². The van der Waals surface area contributed by atoms with Crippen LogP contribution in [0.4, 0.5) is 0 Å². The number of primary amides is 1. The van der Waals surface area contributed by atoms with Crippen LogP contribution >= 0.6 is 0 Å². The molecule has 6 heterocycles. The molecule has 6 N–H and O–H groups in total. The molecular weight excluding hydrogens is 637 g/mol. The van der Waals surface area contributed by atoms with Crippen molar-refractivity contribution in [1.82, 2.24) is 40.2 Å². The quantitative estimate of drug-likeness (QED) is 0.125. The van der Waals surface area contributed by atoms with Crippen LogP contribution in [-0.4, -0.2) is 85.3 Å². The highest BCUT2D eigenvalue weighted by molar-refractivity contribution is 6.00. The van der Waals surface area contributed by atoms with Gasteiger partial charge in [-0.3, -0.25) is 24.8 Å². The van der Waals surface area contributed by atoms with Crippen molar-refractivity contribution in [2.24, 2.45) is 5.73 Å². The fourth-order valence-electron chi connectivity index (χ4n) is 7.06. The number of hydrogen-bond donors (Lipinski definition) is 5. The molecule has 2 aliphatic rings. The van der Waals surface area contributed by atoms with Crippen LogP contribution in [0.1, 0.15) is 62.7 Å². The largest absolute Gasteiger partial charge is 0.366 e. The van der Waals surface area contributed by atoms with Crippen molar-refractivity contribution >= 4 is 38.9 Å². The molecular formula is C40H44N10O. The summed E-state index contributed by atoms with van der Waals surface area (Å²) in [7, 11) is 0. The number of nitrogens with one attached hydrogen (secondary N) is 4. The van der Waals surface area contributed by atoms with Crippen molar-refractivity contribution in [2.75, 3.05) is 39.3 Å². The number of carbonyl (C=O) groups is 1. The highest BCUT2D eigenvalue weighted by atomic mass is 16.1. The lowest BCUT2D eigenvalue weighted by atomic mass is 9.98. The molecule has 0 aliphatic carbocycles. The van der Waals surface area contributed by atoms with Crippen molar-refractivity contribution in [3.05, 3.63) is 118 Å². The van der Waals surface area contributed by atoms with Gasteiger partial charge in [0.25, 0.3) is 0 Å². The van der Waals surface area contributed by atoms with Gasteiger partial charge >= 0.3 is 0 Å². The molecule has 1 amide bonds. The minimum absolute atomic E-state index is 0.392. The van der Waals surface area contributed by atoms with Gasteiger partial charge in [-0.15, -0.1) is 0 Å². The van der Waals surface area contributed by atoms with E-state index in [-0.39, 0.29) is 0 Å². The number of hydrogen-bond acceptors (Lipinski definition) is 6. The molecule has 0 saturated heterocycles. The number of aromatic nitrogens is 6. The van der Waals surface area contributed by atoms with E-state index in [1.807, 2.05) is 50.4 Å². The maximum atomic E-state index is 11.5. The molecule has 51 heavy (non-hydrogen) atoms. The third-order valence-corrected chi connectivity index (χ3v) is 9.94. The van der Waals surface area contributed by atoms with Gasteiger partial charge in [0.05, 0.1) is 23.0 Å². The molecule has 11 heteroatoms. The van der Waals surface area contributed by atoms with Gasteiger partial charge in [0.1, 0.15) is 0 Å². The molecule has 0 unspecified atom stereocenters. The van der Waals surface area contributed by atoms with Crippen molar-refractivity contribution < 1.29 is 4.79 Å². The number of rotatable bonds is 9. The second kappa shape index (κ2) is 15.0. The fourth-order valence-corrected chi connectivity index (χ4v) is 7.06. The first-order valence-electron chi connectivity index (χ1n) is 17.6. The zero-order valence-corrected chi connectivity index (χ0v) is 29.2. The third-order valence-electron chi connectivity index (χ3n) is 9.94. The lowest BCUT2D eigenvalue weighted by molar-refractivity contribution is 0.100. The van der Waals surface area contributed by atoms with Crippen LogP contribution < -0.4 is 5.73 Å². The Morgan fingerprint density at radius 1 is 0.784 bits per heavy atom. The summed E-state index contributed by atoms with van der Waals surface area (Å²) in [6.45, 7) is 10.1. The number of aromatic amines is 4. The van der Waals surface area contributed by atoms with Crippen LogP contribution in [0.25, 0.3) is 33.0 Å². The van der Waals surface area contributed by atoms with Crippen LogP contribution in [-0.2, 0) is 12.8 Å². The zero-order valence-electron chi connectivity index (χ0n) is 29.2. The second-order valence-electron chi connectivity index (χ2n) is 13.5. The standard InChI is InChI=1S/C20H23N5O.C20H21N5/c1-13-10-16(24-23-13)6-9-25-7-4-14(5-8-25)18-12-22-19-3-2-15(20(21)26)11-17(18)19;1-14-10-17(24-23-14)6-9-25-7-4-16(5-8-25)19-13-22-20-3-2-15(12-21)11-18(19)20/h2-4,10-12,22H,5-9H2,1H3,(H2,21,26)(H,23,24);2-4,10-11,13,22H,5-9H2,1H3,(H,23,24). The van der Waals surface area contributed by atoms with Crippen molar-refractivity contribution in [1.29, 1.82) is 5.26 Å². The Morgan fingerprint density at radius 2 is 1.31 bits per heavy atom. The fraction of sp³-hybridized carbons (Fsp3) is 0.300. The smallest absolute Gasteiger partial charge is 0.248 e.